The van der Waals surface area contributed by atoms with E-state index < -0.39 is 0 Å². The zero-order valence-corrected chi connectivity index (χ0v) is 14.5. The average Bonchev–Trinajstić information content (AvgIpc) is 2.52. The van der Waals surface area contributed by atoms with E-state index in [1.54, 1.807) is 11.1 Å². The summed E-state index contributed by atoms with van der Waals surface area (Å²) < 4.78 is 13.5. The zero-order chi connectivity index (χ0) is 17.0. The standard InChI is InChI=1S/C18H21ClFN3/c1-12(2)23(16-7-5-6-15(20)11-16)22-13(3)17-10-14(19)8-9-18(17)21-4/h5-12,21H,1-4H3/b22-13+. The van der Waals surface area contributed by atoms with E-state index >= 15 is 0 Å². The number of rotatable bonds is 5. The molecule has 0 unspecified atom stereocenters. The van der Waals surface area contributed by atoms with E-state index in [-0.39, 0.29) is 11.9 Å². The van der Waals surface area contributed by atoms with Gasteiger partial charge in [0.25, 0.3) is 0 Å². The van der Waals surface area contributed by atoms with Gasteiger partial charge in [0.15, 0.2) is 0 Å². The molecule has 0 aliphatic rings. The molecule has 2 aromatic carbocycles. The maximum absolute atomic E-state index is 13.5. The Kier molecular flexibility index (Phi) is 5.61. The topological polar surface area (TPSA) is 27.6 Å². The first-order valence-electron chi connectivity index (χ1n) is 7.50. The summed E-state index contributed by atoms with van der Waals surface area (Å²) in [6.45, 7) is 5.94. The number of hydrogen-bond donors (Lipinski definition) is 1. The molecule has 0 heterocycles. The molecule has 0 aromatic heterocycles. The third kappa shape index (κ3) is 4.23. The van der Waals surface area contributed by atoms with Crippen molar-refractivity contribution in [1.82, 2.24) is 0 Å². The van der Waals surface area contributed by atoms with E-state index in [9.17, 15) is 4.39 Å². The van der Waals surface area contributed by atoms with Gasteiger partial charge in [-0.3, -0.25) is 5.01 Å². The van der Waals surface area contributed by atoms with Gasteiger partial charge < -0.3 is 5.32 Å². The molecule has 23 heavy (non-hydrogen) atoms. The van der Waals surface area contributed by atoms with Gasteiger partial charge in [0.2, 0.25) is 0 Å². The van der Waals surface area contributed by atoms with Crippen molar-refractivity contribution in [3.05, 3.63) is 58.9 Å². The Labute approximate surface area is 141 Å². The third-order valence-corrected chi connectivity index (χ3v) is 3.70. The predicted molar refractivity (Wildman–Crippen MR) is 97.2 cm³/mol. The summed E-state index contributed by atoms with van der Waals surface area (Å²) in [5, 5.41) is 10.3. The van der Waals surface area contributed by atoms with E-state index in [2.05, 4.69) is 5.32 Å². The average molecular weight is 334 g/mol. The molecule has 0 spiro atoms. The molecule has 2 rings (SSSR count). The molecule has 0 amide bonds. The Morgan fingerprint density at radius 3 is 2.57 bits per heavy atom. The van der Waals surface area contributed by atoms with Crippen molar-refractivity contribution < 1.29 is 4.39 Å². The number of nitrogens with one attached hydrogen (secondary N) is 1. The van der Waals surface area contributed by atoms with Crippen molar-refractivity contribution in [2.24, 2.45) is 5.10 Å². The number of benzene rings is 2. The minimum absolute atomic E-state index is 0.0870. The van der Waals surface area contributed by atoms with Crippen molar-refractivity contribution >= 4 is 28.7 Å². The van der Waals surface area contributed by atoms with Crippen molar-refractivity contribution in [2.75, 3.05) is 17.4 Å². The minimum atomic E-state index is -0.278. The molecule has 122 valence electrons. The molecule has 0 saturated carbocycles. The number of hydrazone groups is 1. The van der Waals surface area contributed by atoms with Crippen molar-refractivity contribution in [1.29, 1.82) is 0 Å². The Hall–Kier alpha value is -2.07. The van der Waals surface area contributed by atoms with Gasteiger partial charge in [-0.2, -0.15) is 5.10 Å². The minimum Gasteiger partial charge on any atom is -0.388 e. The largest absolute Gasteiger partial charge is 0.388 e. The fourth-order valence-electron chi connectivity index (χ4n) is 2.34. The van der Waals surface area contributed by atoms with Crippen LogP contribution >= 0.6 is 11.6 Å². The van der Waals surface area contributed by atoms with Crippen molar-refractivity contribution in [3.8, 4) is 0 Å². The first kappa shape index (κ1) is 17.3. The number of hydrogen-bond acceptors (Lipinski definition) is 3. The van der Waals surface area contributed by atoms with Crippen LogP contribution in [0.1, 0.15) is 26.3 Å². The lowest BCUT2D eigenvalue weighted by molar-refractivity contribution is 0.624. The lowest BCUT2D eigenvalue weighted by Crippen LogP contribution is -2.26. The summed E-state index contributed by atoms with van der Waals surface area (Å²) in [6.07, 6.45) is 0. The fourth-order valence-corrected chi connectivity index (χ4v) is 2.51. The second-order valence-corrected chi connectivity index (χ2v) is 5.98. The highest BCUT2D eigenvalue weighted by Gasteiger charge is 2.13. The number of halogens is 2. The monoisotopic (exact) mass is 333 g/mol. The summed E-state index contributed by atoms with van der Waals surface area (Å²) in [4.78, 5) is 0. The number of anilines is 2. The summed E-state index contributed by atoms with van der Waals surface area (Å²) in [5.74, 6) is -0.278. The predicted octanol–water partition coefficient (Wildman–Crippen LogP) is 5.16. The molecular weight excluding hydrogens is 313 g/mol. The van der Waals surface area contributed by atoms with Gasteiger partial charge in [0.05, 0.1) is 11.4 Å². The van der Waals surface area contributed by atoms with Crippen molar-refractivity contribution in [2.45, 2.75) is 26.8 Å². The van der Waals surface area contributed by atoms with Crippen LogP contribution in [0.2, 0.25) is 5.02 Å². The molecule has 0 aliphatic carbocycles. The summed E-state index contributed by atoms with van der Waals surface area (Å²) in [5.41, 5.74) is 3.38. The van der Waals surface area contributed by atoms with Crippen molar-refractivity contribution in [3.63, 3.8) is 0 Å². The molecule has 0 radical (unpaired) electrons. The third-order valence-electron chi connectivity index (χ3n) is 3.46. The van der Waals surface area contributed by atoms with Crippen LogP contribution < -0.4 is 10.3 Å². The quantitative estimate of drug-likeness (QED) is 0.604. The van der Waals surface area contributed by atoms with Gasteiger partial charge in [-0.05, 0) is 57.2 Å². The Balaban J connectivity index is 2.46. The van der Waals surface area contributed by atoms with Crippen LogP contribution in [0.25, 0.3) is 0 Å². The summed E-state index contributed by atoms with van der Waals surface area (Å²) in [7, 11) is 1.85. The maximum atomic E-state index is 13.5. The molecule has 1 N–H and O–H groups in total. The Morgan fingerprint density at radius 1 is 1.22 bits per heavy atom. The van der Waals surface area contributed by atoms with Crippen LogP contribution in [-0.2, 0) is 0 Å². The fraction of sp³-hybridized carbons (Fsp3) is 0.278. The van der Waals surface area contributed by atoms with E-state index in [0.29, 0.717) is 10.7 Å². The van der Waals surface area contributed by atoms with Gasteiger partial charge in [0.1, 0.15) is 5.82 Å². The molecule has 2 aromatic rings. The molecular formula is C18H21ClFN3. The molecule has 0 saturated heterocycles. The van der Waals surface area contributed by atoms with Crippen LogP contribution in [0.15, 0.2) is 47.6 Å². The Morgan fingerprint density at radius 2 is 1.96 bits per heavy atom. The highest BCUT2D eigenvalue weighted by Crippen LogP contribution is 2.24. The van der Waals surface area contributed by atoms with E-state index in [1.165, 1.54) is 12.1 Å². The Bertz CT molecular complexity index is 713. The second kappa shape index (κ2) is 7.47. The first-order chi connectivity index (χ1) is 10.9. The van der Waals surface area contributed by atoms with Crippen LogP contribution in [0.3, 0.4) is 0 Å². The van der Waals surface area contributed by atoms with Crippen LogP contribution in [0, 0.1) is 5.82 Å². The van der Waals surface area contributed by atoms with Crippen LogP contribution in [0.5, 0.6) is 0 Å². The van der Waals surface area contributed by atoms with Gasteiger partial charge in [0, 0.05) is 29.4 Å². The molecule has 0 bridgehead atoms. The van der Waals surface area contributed by atoms with Crippen LogP contribution in [0.4, 0.5) is 15.8 Å². The van der Waals surface area contributed by atoms with E-state index in [0.717, 1.165) is 17.0 Å². The second-order valence-electron chi connectivity index (χ2n) is 5.54. The smallest absolute Gasteiger partial charge is 0.125 e. The maximum Gasteiger partial charge on any atom is 0.125 e. The summed E-state index contributed by atoms with van der Waals surface area (Å²) >= 11 is 6.11. The van der Waals surface area contributed by atoms with Gasteiger partial charge in [-0.15, -0.1) is 0 Å². The normalized spacial score (nSPS) is 11.7. The molecule has 0 atom stereocenters. The molecule has 5 heteroatoms. The lowest BCUT2D eigenvalue weighted by atomic mass is 10.1. The molecule has 0 fully saturated rings. The molecule has 0 aliphatic heterocycles. The van der Waals surface area contributed by atoms with E-state index in [1.807, 2.05) is 52.1 Å². The van der Waals surface area contributed by atoms with E-state index in [4.69, 9.17) is 16.7 Å². The highest BCUT2D eigenvalue weighted by atomic mass is 35.5. The first-order valence-corrected chi connectivity index (χ1v) is 7.88. The van der Waals surface area contributed by atoms with Crippen LogP contribution in [-0.4, -0.2) is 18.8 Å². The SMILES string of the molecule is CNc1ccc(Cl)cc1/C(C)=N/N(c1cccc(F)c1)C(C)C. The number of nitrogens with zero attached hydrogens (tertiary/aromatic N) is 2. The van der Waals surface area contributed by atoms with Gasteiger partial charge in [-0.25, -0.2) is 4.39 Å². The summed E-state index contributed by atoms with van der Waals surface area (Å²) in [6, 6.07) is 12.1. The highest BCUT2D eigenvalue weighted by molar-refractivity contribution is 6.31. The van der Waals surface area contributed by atoms with Gasteiger partial charge in [-0.1, -0.05) is 17.7 Å². The molecule has 3 nitrogen and oxygen atoms in total. The lowest BCUT2D eigenvalue weighted by Gasteiger charge is -2.25. The zero-order valence-electron chi connectivity index (χ0n) is 13.8. The van der Waals surface area contributed by atoms with Gasteiger partial charge >= 0.3 is 0 Å².